The predicted octanol–water partition coefficient (Wildman–Crippen LogP) is 4.43. The van der Waals surface area contributed by atoms with Crippen LogP contribution in [0.15, 0.2) is 84.9 Å². The maximum Gasteiger partial charge on any atom is 0.239 e. The van der Waals surface area contributed by atoms with Gasteiger partial charge in [0.1, 0.15) is 24.7 Å². The number of carbonyl (C=O) groups is 1. The molecule has 1 atom stereocenters. The molecule has 1 amide bonds. The van der Waals surface area contributed by atoms with Gasteiger partial charge >= 0.3 is 0 Å². The van der Waals surface area contributed by atoms with Crippen molar-refractivity contribution in [2.24, 2.45) is 0 Å². The summed E-state index contributed by atoms with van der Waals surface area (Å²) in [6.45, 7) is 2.98. The lowest BCUT2D eigenvalue weighted by Crippen LogP contribution is -2.32. The standard InChI is InChI=1S/C24H26N2O3/c1-19(20-10-4-2-5-11-20)26-24(27)18-25-22-14-8-9-15-23(22)29-17-16-28-21-12-6-3-7-13-21/h2-15,19,25H,16-18H2,1H3,(H,26,27). The number of ether oxygens (including phenoxy) is 2. The minimum Gasteiger partial charge on any atom is -0.490 e. The quantitative estimate of drug-likeness (QED) is 0.503. The highest BCUT2D eigenvalue weighted by molar-refractivity contribution is 5.81. The molecule has 3 rings (SSSR count). The lowest BCUT2D eigenvalue weighted by molar-refractivity contribution is -0.120. The van der Waals surface area contributed by atoms with Crippen LogP contribution in [0.25, 0.3) is 0 Å². The molecule has 0 saturated carbocycles. The SMILES string of the molecule is CC(NC(=O)CNc1ccccc1OCCOc1ccccc1)c1ccccc1. The Morgan fingerprint density at radius 1 is 0.828 bits per heavy atom. The van der Waals surface area contributed by atoms with E-state index < -0.39 is 0 Å². The van der Waals surface area contributed by atoms with E-state index in [1.54, 1.807) is 0 Å². The van der Waals surface area contributed by atoms with Crippen LogP contribution in [-0.2, 0) is 4.79 Å². The zero-order valence-corrected chi connectivity index (χ0v) is 16.5. The first-order chi connectivity index (χ1) is 14.2. The molecule has 29 heavy (non-hydrogen) atoms. The maximum atomic E-state index is 12.3. The summed E-state index contributed by atoms with van der Waals surface area (Å²) in [5.41, 5.74) is 1.85. The van der Waals surface area contributed by atoms with Gasteiger partial charge < -0.3 is 20.1 Å². The summed E-state index contributed by atoms with van der Waals surface area (Å²) in [4.78, 5) is 12.3. The number of amides is 1. The number of benzene rings is 3. The van der Waals surface area contributed by atoms with Crippen molar-refractivity contribution >= 4 is 11.6 Å². The largest absolute Gasteiger partial charge is 0.490 e. The molecule has 0 aliphatic carbocycles. The zero-order valence-electron chi connectivity index (χ0n) is 16.5. The topological polar surface area (TPSA) is 59.6 Å². The minimum atomic E-state index is -0.0800. The first-order valence-corrected chi connectivity index (χ1v) is 9.70. The van der Waals surface area contributed by atoms with Crippen molar-refractivity contribution < 1.29 is 14.3 Å². The fraction of sp³-hybridized carbons (Fsp3) is 0.208. The van der Waals surface area contributed by atoms with Crippen molar-refractivity contribution in [2.45, 2.75) is 13.0 Å². The monoisotopic (exact) mass is 390 g/mol. The van der Waals surface area contributed by atoms with Crippen LogP contribution in [0.3, 0.4) is 0 Å². The summed E-state index contributed by atoms with van der Waals surface area (Å²) in [5.74, 6) is 1.42. The van der Waals surface area contributed by atoms with Gasteiger partial charge in [-0.1, -0.05) is 60.7 Å². The van der Waals surface area contributed by atoms with Gasteiger partial charge in [-0.05, 0) is 36.8 Å². The van der Waals surface area contributed by atoms with Crippen LogP contribution < -0.4 is 20.1 Å². The van der Waals surface area contributed by atoms with Crippen LogP contribution in [0.5, 0.6) is 11.5 Å². The summed E-state index contributed by atoms with van der Waals surface area (Å²) in [5, 5.41) is 6.14. The Hall–Kier alpha value is -3.47. The molecule has 3 aromatic carbocycles. The average Bonchev–Trinajstić information content (AvgIpc) is 2.77. The predicted molar refractivity (Wildman–Crippen MR) is 115 cm³/mol. The molecular formula is C24H26N2O3. The highest BCUT2D eigenvalue weighted by Gasteiger charge is 2.10. The number of rotatable bonds is 10. The van der Waals surface area contributed by atoms with E-state index in [2.05, 4.69) is 10.6 Å². The van der Waals surface area contributed by atoms with E-state index in [0.29, 0.717) is 19.0 Å². The van der Waals surface area contributed by atoms with E-state index in [0.717, 1.165) is 17.0 Å². The number of hydrogen-bond donors (Lipinski definition) is 2. The molecule has 5 nitrogen and oxygen atoms in total. The number of carbonyl (C=O) groups excluding carboxylic acids is 1. The van der Waals surface area contributed by atoms with Crippen LogP contribution in [0.2, 0.25) is 0 Å². The van der Waals surface area contributed by atoms with Crippen molar-refractivity contribution in [1.82, 2.24) is 5.32 Å². The normalized spacial score (nSPS) is 11.3. The van der Waals surface area contributed by atoms with Crippen LogP contribution >= 0.6 is 0 Å². The number of anilines is 1. The van der Waals surface area contributed by atoms with E-state index in [1.807, 2.05) is 91.9 Å². The van der Waals surface area contributed by atoms with Crippen LogP contribution in [0.1, 0.15) is 18.5 Å². The molecule has 1 unspecified atom stereocenters. The van der Waals surface area contributed by atoms with Gasteiger partial charge in [0, 0.05) is 0 Å². The molecule has 0 heterocycles. The molecular weight excluding hydrogens is 364 g/mol. The first-order valence-electron chi connectivity index (χ1n) is 9.70. The third-order valence-corrected chi connectivity index (χ3v) is 4.36. The summed E-state index contributed by atoms with van der Waals surface area (Å²) in [6.07, 6.45) is 0. The van der Waals surface area contributed by atoms with Gasteiger partial charge in [-0.2, -0.15) is 0 Å². The number of hydrogen-bond acceptors (Lipinski definition) is 4. The Balaban J connectivity index is 1.45. The van der Waals surface area contributed by atoms with Crippen molar-refractivity contribution in [1.29, 1.82) is 0 Å². The average molecular weight is 390 g/mol. The minimum absolute atomic E-state index is 0.0490. The van der Waals surface area contributed by atoms with Crippen molar-refractivity contribution in [3.8, 4) is 11.5 Å². The van der Waals surface area contributed by atoms with E-state index in [9.17, 15) is 4.79 Å². The van der Waals surface area contributed by atoms with E-state index in [4.69, 9.17) is 9.47 Å². The van der Waals surface area contributed by atoms with Gasteiger partial charge in [0.25, 0.3) is 0 Å². The molecule has 0 saturated heterocycles. The zero-order chi connectivity index (χ0) is 20.3. The van der Waals surface area contributed by atoms with Gasteiger partial charge in [-0.15, -0.1) is 0 Å². The molecule has 0 aromatic heterocycles. The van der Waals surface area contributed by atoms with E-state index in [1.165, 1.54) is 0 Å². The number of nitrogens with one attached hydrogen (secondary N) is 2. The molecule has 0 spiro atoms. The molecule has 150 valence electrons. The highest BCUT2D eigenvalue weighted by atomic mass is 16.5. The van der Waals surface area contributed by atoms with Gasteiger partial charge in [0.05, 0.1) is 18.3 Å². The molecule has 3 aromatic rings. The van der Waals surface area contributed by atoms with Crippen LogP contribution in [0.4, 0.5) is 5.69 Å². The van der Waals surface area contributed by atoms with Gasteiger partial charge in [0.2, 0.25) is 5.91 Å². The third kappa shape index (κ3) is 6.57. The van der Waals surface area contributed by atoms with E-state index >= 15 is 0 Å². The smallest absolute Gasteiger partial charge is 0.239 e. The van der Waals surface area contributed by atoms with Gasteiger partial charge in [0.15, 0.2) is 0 Å². The lowest BCUT2D eigenvalue weighted by atomic mass is 10.1. The summed E-state index contributed by atoms with van der Waals surface area (Å²) < 4.78 is 11.5. The summed E-state index contributed by atoms with van der Waals surface area (Å²) in [6, 6.07) is 27.0. The fourth-order valence-electron chi connectivity index (χ4n) is 2.86. The maximum absolute atomic E-state index is 12.3. The van der Waals surface area contributed by atoms with Crippen molar-refractivity contribution in [3.63, 3.8) is 0 Å². The van der Waals surface area contributed by atoms with Gasteiger partial charge in [-0.3, -0.25) is 4.79 Å². The first kappa shape index (κ1) is 20.3. The van der Waals surface area contributed by atoms with Crippen molar-refractivity contribution in [3.05, 3.63) is 90.5 Å². The molecule has 0 radical (unpaired) electrons. The van der Waals surface area contributed by atoms with Crippen LogP contribution in [-0.4, -0.2) is 25.7 Å². The number of para-hydroxylation sites is 3. The Labute approximate surface area is 171 Å². The van der Waals surface area contributed by atoms with Gasteiger partial charge in [-0.25, -0.2) is 0 Å². The Bertz CT molecular complexity index is 885. The molecule has 0 aliphatic heterocycles. The van der Waals surface area contributed by atoms with Crippen molar-refractivity contribution in [2.75, 3.05) is 25.1 Å². The van der Waals surface area contributed by atoms with E-state index in [-0.39, 0.29) is 18.5 Å². The molecule has 2 N–H and O–H groups in total. The lowest BCUT2D eigenvalue weighted by Gasteiger charge is -2.16. The summed E-state index contributed by atoms with van der Waals surface area (Å²) >= 11 is 0. The Morgan fingerprint density at radius 3 is 2.21 bits per heavy atom. The fourth-order valence-corrected chi connectivity index (χ4v) is 2.86. The third-order valence-electron chi connectivity index (χ3n) is 4.36. The Morgan fingerprint density at radius 2 is 1.45 bits per heavy atom. The summed E-state index contributed by atoms with van der Waals surface area (Å²) in [7, 11) is 0. The molecule has 0 aliphatic rings. The second kappa shape index (κ2) is 10.8. The Kier molecular flexibility index (Phi) is 7.52. The molecule has 0 bridgehead atoms. The second-order valence-corrected chi connectivity index (χ2v) is 6.56. The second-order valence-electron chi connectivity index (χ2n) is 6.56. The molecule has 0 fully saturated rings. The molecule has 5 heteroatoms. The van der Waals surface area contributed by atoms with Crippen LogP contribution in [0, 0.1) is 0 Å². The highest BCUT2D eigenvalue weighted by Crippen LogP contribution is 2.23.